The van der Waals surface area contributed by atoms with Crippen LogP contribution in [0.25, 0.3) is 0 Å². The highest BCUT2D eigenvalue weighted by Gasteiger charge is 2.27. The van der Waals surface area contributed by atoms with E-state index in [9.17, 15) is 4.79 Å². The smallest absolute Gasteiger partial charge is 0.227 e. The van der Waals surface area contributed by atoms with Crippen LogP contribution in [0.1, 0.15) is 54.5 Å². The second-order valence-electron chi connectivity index (χ2n) is 7.82. The van der Waals surface area contributed by atoms with Crippen LogP contribution in [0, 0.1) is 13.8 Å². The number of aromatic nitrogens is 2. The number of nitrogens with zero attached hydrogens (tertiary/aromatic N) is 4. The molecule has 5 nitrogen and oxygen atoms in total. The number of halogens is 1. The lowest BCUT2D eigenvalue weighted by Crippen LogP contribution is -2.32. The number of aryl methyl sites for hydroxylation is 2. The number of likely N-dealkylation sites (tertiary alicyclic amines) is 1. The highest BCUT2D eigenvalue weighted by Crippen LogP contribution is 2.27. The van der Waals surface area contributed by atoms with Crippen molar-refractivity contribution >= 4 is 17.5 Å². The molecule has 156 valence electrons. The summed E-state index contributed by atoms with van der Waals surface area (Å²) >= 11 is 6.11. The second kappa shape index (κ2) is 9.68. The molecule has 1 aromatic heterocycles. The van der Waals surface area contributed by atoms with Crippen molar-refractivity contribution in [3.05, 3.63) is 57.6 Å². The van der Waals surface area contributed by atoms with Crippen molar-refractivity contribution in [2.24, 2.45) is 0 Å². The van der Waals surface area contributed by atoms with E-state index in [1.54, 1.807) is 0 Å². The number of rotatable bonds is 7. The first-order valence-corrected chi connectivity index (χ1v) is 10.9. The van der Waals surface area contributed by atoms with E-state index in [-0.39, 0.29) is 5.91 Å². The zero-order valence-corrected chi connectivity index (χ0v) is 18.7. The highest BCUT2D eigenvalue weighted by molar-refractivity contribution is 6.30. The van der Waals surface area contributed by atoms with E-state index in [1.807, 2.05) is 50.8 Å². The molecule has 2 heterocycles. The van der Waals surface area contributed by atoms with Crippen LogP contribution < -0.4 is 0 Å². The summed E-state index contributed by atoms with van der Waals surface area (Å²) < 4.78 is 0. The number of hydrogen-bond acceptors (Lipinski definition) is 4. The Labute approximate surface area is 179 Å². The molecule has 1 aromatic carbocycles. The minimum Gasteiger partial charge on any atom is -0.343 e. The van der Waals surface area contributed by atoms with Gasteiger partial charge in [0.2, 0.25) is 5.91 Å². The standard InChI is InChI=1S/C23H31ClN4O/c1-5-28(6-2)22(29)13-21-16(3)25-23(26-17(21)4)19-10-11-27(15-19)14-18-8-7-9-20(24)12-18/h7-9,12,19H,5-6,10-11,13-15H2,1-4H3/t19-/m1/s1. The summed E-state index contributed by atoms with van der Waals surface area (Å²) in [7, 11) is 0. The van der Waals surface area contributed by atoms with Crippen LogP contribution in [0.4, 0.5) is 0 Å². The number of carbonyl (C=O) groups is 1. The van der Waals surface area contributed by atoms with Crippen LogP contribution in [0.5, 0.6) is 0 Å². The fourth-order valence-electron chi connectivity index (χ4n) is 4.12. The average Bonchev–Trinajstić information content (AvgIpc) is 3.14. The fraction of sp³-hybridized carbons (Fsp3) is 0.522. The van der Waals surface area contributed by atoms with Gasteiger partial charge in [-0.25, -0.2) is 9.97 Å². The predicted octanol–water partition coefficient (Wildman–Crippen LogP) is 4.15. The molecule has 29 heavy (non-hydrogen) atoms. The number of hydrogen-bond donors (Lipinski definition) is 0. The van der Waals surface area contributed by atoms with Crippen LogP contribution in [0.15, 0.2) is 24.3 Å². The molecule has 1 amide bonds. The Bertz CT molecular complexity index is 843. The SMILES string of the molecule is CCN(CC)C(=O)Cc1c(C)nc([C@@H]2CCN(Cc3cccc(Cl)c3)C2)nc1C. The maximum atomic E-state index is 12.5. The van der Waals surface area contributed by atoms with Crippen molar-refractivity contribution in [2.75, 3.05) is 26.2 Å². The Morgan fingerprint density at radius 3 is 2.52 bits per heavy atom. The van der Waals surface area contributed by atoms with Gasteiger partial charge in [0.05, 0.1) is 6.42 Å². The lowest BCUT2D eigenvalue weighted by Gasteiger charge is -2.20. The molecule has 0 aliphatic carbocycles. The molecule has 1 aliphatic rings. The molecule has 0 radical (unpaired) electrons. The third-order valence-electron chi connectivity index (χ3n) is 5.81. The largest absolute Gasteiger partial charge is 0.343 e. The number of likely N-dealkylation sites (N-methyl/N-ethyl adjacent to an activating group) is 1. The molecule has 1 fully saturated rings. The summed E-state index contributed by atoms with van der Waals surface area (Å²) in [6.45, 7) is 12.4. The summed E-state index contributed by atoms with van der Waals surface area (Å²) in [5.41, 5.74) is 4.07. The van der Waals surface area contributed by atoms with Crippen molar-refractivity contribution in [2.45, 2.75) is 53.0 Å². The minimum absolute atomic E-state index is 0.145. The molecule has 2 aromatic rings. The maximum Gasteiger partial charge on any atom is 0.227 e. The van der Waals surface area contributed by atoms with E-state index in [1.165, 1.54) is 5.56 Å². The number of carbonyl (C=O) groups excluding carboxylic acids is 1. The predicted molar refractivity (Wildman–Crippen MR) is 117 cm³/mol. The second-order valence-corrected chi connectivity index (χ2v) is 8.26. The quantitative estimate of drug-likeness (QED) is 0.682. The van der Waals surface area contributed by atoms with Gasteiger partial charge in [-0.05, 0) is 58.4 Å². The third-order valence-corrected chi connectivity index (χ3v) is 6.05. The first kappa shape index (κ1) is 21.7. The van der Waals surface area contributed by atoms with E-state index >= 15 is 0 Å². The molecule has 0 saturated carbocycles. The number of benzene rings is 1. The summed E-state index contributed by atoms with van der Waals surface area (Å²) in [6.07, 6.45) is 1.43. The monoisotopic (exact) mass is 414 g/mol. The Morgan fingerprint density at radius 2 is 1.90 bits per heavy atom. The normalized spacial score (nSPS) is 16.9. The van der Waals surface area contributed by atoms with Crippen LogP contribution in [0.2, 0.25) is 5.02 Å². The van der Waals surface area contributed by atoms with Crippen molar-refractivity contribution in [3.63, 3.8) is 0 Å². The van der Waals surface area contributed by atoms with Gasteiger partial charge in [-0.2, -0.15) is 0 Å². The Morgan fingerprint density at radius 1 is 1.21 bits per heavy atom. The van der Waals surface area contributed by atoms with Gasteiger partial charge in [0, 0.05) is 54.1 Å². The molecule has 0 N–H and O–H groups in total. The zero-order chi connectivity index (χ0) is 21.0. The van der Waals surface area contributed by atoms with Gasteiger partial charge >= 0.3 is 0 Å². The van der Waals surface area contributed by atoms with Crippen molar-refractivity contribution in [1.82, 2.24) is 19.8 Å². The molecular weight excluding hydrogens is 384 g/mol. The Kier molecular flexibility index (Phi) is 7.25. The van der Waals surface area contributed by atoms with Crippen LogP contribution >= 0.6 is 11.6 Å². The lowest BCUT2D eigenvalue weighted by molar-refractivity contribution is -0.130. The third kappa shape index (κ3) is 5.34. The minimum atomic E-state index is 0.145. The van der Waals surface area contributed by atoms with E-state index in [0.29, 0.717) is 12.3 Å². The zero-order valence-electron chi connectivity index (χ0n) is 17.9. The summed E-state index contributed by atoms with van der Waals surface area (Å²) in [6, 6.07) is 8.05. The Hall–Kier alpha value is -1.98. The first-order chi connectivity index (χ1) is 13.9. The van der Waals surface area contributed by atoms with Gasteiger partial charge in [0.15, 0.2) is 0 Å². The summed E-state index contributed by atoms with van der Waals surface area (Å²) in [5, 5.41) is 0.780. The number of amides is 1. The molecule has 0 spiro atoms. The van der Waals surface area contributed by atoms with Gasteiger partial charge in [0.1, 0.15) is 5.82 Å². The van der Waals surface area contributed by atoms with E-state index < -0.39 is 0 Å². The Balaban J connectivity index is 1.68. The summed E-state index contributed by atoms with van der Waals surface area (Å²) in [4.78, 5) is 26.4. The molecule has 1 saturated heterocycles. The molecule has 0 unspecified atom stereocenters. The molecule has 0 bridgehead atoms. The van der Waals surface area contributed by atoms with Gasteiger partial charge in [-0.3, -0.25) is 9.69 Å². The molecule has 1 aliphatic heterocycles. The first-order valence-electron chi connectivity index (χ1n) is 10.5. The molecule has 1 atom stereocenters. The molecular formula is C23H31ClN4O. The van der Waals surface area contributed by atoms with Gasteiger partial charge in [-0.15, -0.1) is 0 Å². The van der Waals surface area contributed by atoms with Gasteiger partial charge in [-0.1, -0.05) is 23.7 Å². The van der Waals surface area contributed by atoms with Crippen molar-refractivity contribution < 1.29 is 4.79 Å². The fourth-order valence-corrected chi connectivity index (χ4v) is 4.34. The van der Waals surface area contributed by atoms with E-state index in [4.69, 9.17) is 21.6 Å². The van der Waals surface area contributed by atoms with Crippen LogP contribution in [0.3, 0.4) is 0 Å². The summed E-state index contributed by atoms with van der Waals surface area (Å²) in [5.74, 6) is 1.39. The van der Waals surface area contributed by atoms with Crippen molar-refractivity contribution in [1.29, 1.82) is 0 Å². The lowest BCUT2D eigenvalue weighted by atomic mass is 10.0. The van der Waals surface area contributed by atoms with Crippen LogP contribution in [-0.2, 0) is 17.8 Å². The maximum absolute atomic E-state index is 12.5. The van der Waals surface area contributed by atoms with E-state index in [0.717, 1.165) is 66.9 Å². The van der Waals surface area contributed by atoms with E-state index in [2.05, 4.69) is 11.0 Å². The topological polar surface area (TPSA) is 49.3 Å². The molecule has 6 heteroatoms. The average molecular weight is 415 g/mol. The van der Waals surface area contributed by atoms with Crippen molar-refractivity contribution in [3.8, 4) is 0 Å². The van der Waals surface area contributed by atoms with Gasteiger partial charge in [0.25, 0.3) is 0 Å². The van der Waals surface area contributed by atoms with Gasteiger partial charge < -0.3 is 4.90 Å². The molecule has 3 rings (SSSR count). The van der Waals surface area contributed by atoms with Crippen LogP contribution in [-0.4, -0.2) is 51.9 Å². The highest BCUT2D eigenvalue weighted by atomic mass is 35.5.